The van der Waals surface area contributed by atoms with Crippen LogP contribution in [0.2, 0.25) is 0 Å². The second-order valence-corrected chi connectivity index (χ2v) is 6.54. The molecule has 0 aliphatic carbocycles. The van der Waals surface area contributed by atoms with Gasteiger partial charge in [-0.3, -0.25) is 9.11 Å². The first-order chi connectivity index (χ1) is 7.16. The third-order valence-corrected chi connectivity index (χ3v) is 4.56. The average molecular weight is 230 g/mol. The highest BCUT2D eigenvalue weighted by atomic mass is 32.2. The molecule has 0 aromatic rings. The maximum absolute atomic E-state index is 11.1. The van der Waals surface area contributed by atoms with Crippen molar-refractivity contribution < 1.29 is 4.21 Å². The van der Waals surface area contributed by atoms with Gasteiger partial charge in [0.2, 0.25) is 0 Å². The Morgan fingerprint density at radius 3 is 2.47 bits per heavy atom. The van der Waals surface area contributed by atoms with E-state index in [4.69, 9.17) is 5.73 Å². The zero-order valence-corrected chi connectivity index (χ0v) is 10.3. The zero-order chi connectivity index (χ0) is 10.8. The molecule has 0 aromatic carbocycles. The Hall–Kier alpha value is 0.0700. The van der Waals surface area contributed by atoms with Crippen LogP contribution in [0.5, 0.6) is 0 Å². The Morgan fingerprint density at radius 2 is 1.93 bits per heavy atom. The lowest BCUT2D eigenvalue weighted by molar-refractivity contribution is 0.0375. The van der Waals surface area contributed by atoms with E-state index in [1.807, 2.05) is 0 Å². The van der Waals surface area contributed by atoms with Crippen molar-refractivity contribution in [3.05, 3.63) is 0 Å². The van der Waals surface area contributed by atoms with Gasteiger partial charge in [0.05, 0.1) is 0 Å². The zero-order valence-electron chi connectivity index (χ0n) is 9.52. The Bertz CT molecular complexity index is 233. The maximum Gasteiger partial charge on any atom is 0.0359 e. The van der Waals surface area contributed by atoms with E-state index in [0.29, 0.717) is 18.1 Å². The summed E-state index contributed by atoms with van der Waals surface area (Å²) in [6.45, 7) is 1.01. The quantitative estimate of drug-likeness (QED) is 0.777. The van der Waals surface area contributed by atoms with Gasteiger partial charge in [0.25, 0.3) is 0 Å². The van der Waals surface area contributed by atoms with Crippen LogP contribution in [-0.2, 0) is 10.8 Å². The van der Waals surface area contributed by atoms with Crippen molar-refractivity contribution >= 4 is 10.8 Å². The van der Waals surface area contributed by atoms with Gasteiger partial charge in [0, 0.05) is 47.5 Å². The van der Waals surface area contributed by atoms with Crippen LogP contribution in [0, 0.1) is 0 Å². The molecule has 2 fully saturated rings. The van der Waals surface area contributed by atoms with Crippen molar-refractivity contribution in [2.24, 2.45) is 5.73 Å². The topological polar surface area (TPSA) is 46.3 Å². The first-order valence-electron chi connectivity index (χ1n) is 5.98. The summed E-state index contributed by atoms with van der Waals surface area (Å²) in [5, 5.41) is 0. The molecule has 2 rings (SSSR count). The molecule has 15 heavy (non-hydrogen) atoms. The van der Waals surface area contributed by atoms with Gasteiger partial charge < -0.3 is 5.73 Å². The monoisotopic (exact) mass is 230 g/mol. The molecule has 0 saturated carbocycles. The molecule has 0 radical (unpaired) electrons. The molecule has 0 spiro atoms. The molecule has 3 unspecified atom stereocenters. The van der Waals surface area contributed by atoms with Gasteiger partial charge in [-0.1, -0.05) is 6.42 Å². The molecule has 2 saturated heterocycles. The summed E-state index contributed by atoms with van der Waals surface area (Å²) in [7, 11) is -0.657. The summed E-state index contributed by atoms with van der Waals surface area (Å²) < 4.78 is 11.1. The number of hydrogen-bond donors (Lipinski definition) is 1. The molecule has 3 nitrogen and oxygen atoms in total. The Balaban J connectivity index is 1.95. The SMILES string of the molecule is CS(=O)CCN1C2CCCC1CC(N)C2. The minimum Gasteiger partial charge on any atom is -0.328 e. The van der Waals surface area contributed by atoms with Crippen LogP contribution in [0.4, 0.5) is 0 Å². The van der Waals surface area contributed by atoms with Gasteiger partial charge in [0.1, 0.15) is 0 Å². The Labute approximate surface area is 94.9 Å². The van der Waals surface area contributed by atoms with Crippen LogP contribution in [0.3, 0.4) is 0 Å². The molecule has 2 aliphatic heterocycles. The van der Waals surface area contributed by atoms with E-state index in [1.165, 1.54) is 19.3 Å². The van der Waals surface area contributed by atoms with E-state index in [-0.39, 0.29) is 0 Å². The van der Waals surface area contributed by atoms with Gasteiger partial charge in [0.15, 0.2) is 0 Å². The highest BCUT2D eigenvalue weighted by molar-refractivity contribution is 7.84. The lowest BCUT2D eigenvalue weighted by atomic mass is 9.82. The minimum atomic E-state index is -0.657. The minimum absolute atomic E-state index is 0.406. The summed E-state index contributed by atoms with van der Waals surface area (Å²) in [5.74, 6) is 0.822. The van der Waals surface area contributed by atoms with E-state index >= 15 is 0 Å². The summed E-state index contributed by atoms with van der Waals surface area (Å²) in [6, 6.07) is 1.76. The van der Waals surface area contributed by atoms with Crippen molar-refractivity contribution in [1.82, 2.24) is 4.90 Å². The second-order valence-electron chi connectivity index (χ2n) is 4.99. The van der Waals surface area contributed by atoms with Gasteiger partial charge >= 0.3 is 0 Å². The predicted molar refractivity (Wildman–Crippen MR) is 64.3 cm³/mol. The lowest BCUT2D eigenvalue weighted by Gasteiger charge is -2.48. The highest BCUT2D eigenvalue weighted by Crippen LogP contribution is 2.32. The molecule has 0 aromatic heterocycles. The Morgan fingerprint density at radius 1 is 1.33 bits per heavy atom. The van der Waals surface area contributed by atoms with Crippen LogP contribution in [0.1, 0.15) is 32.1 Å². The molecule has 2 heterocycles. The molecule has 0 amide bonds. The van der Waals surface area contributed by atoms with Crippen LogP contribution in [0.25, 0.3) is 0 Å². The van der Waals surface area contributed by atoms with Crippen LogP contribution >= 0.6 is 0 Å². The molecule has 2 bridgehead atoms. The van der Waals surface area contributed by atoms with Gasteiger partial charge in [-0.15, -0.1) is 0 Å². The Kier molecular flexibility index (Phi) is 3.80. The van der Waals surface area contributed by atoms with Gasteiger partial charge in [-0.25, -0.2) is 0 Å². The van der Waals surface area contributed by atoms with E-state index < -0.39 is 10.8 Å². The first-order valence-corrected chi connectivity index (χ1v) is 7.71. The van der Waals surface area contributed by atoms with Gasteiger partial charge in [-0.2, -0.15) is 0 Å². The first kappa shape index (κ1) is 11.6. The van der Waals surface area contributed by atoms with E-state index in [9.17, 15) is 4.21 Å². The molecule has 2 N–H and O–H groups in total. The van der Waals surface area contributed by atoms with Crippen molar-refractivity contribution in [2.75, 3.05) is 18.6 Å². The fourth-order valence-electron chi connectivity index (χ4n) is 3.12. The summed E-state index contributed by atoms with van der Waals surface area (Å²) in [5.41, 5.74) is 6.06. The standard InChI is InChI=1S/C11H22N2OS/c1-15(14)6-5-13-10-3-2-4-11(13)8-9(12)7-10/h9-11H,2-8,12H2,1H3. The number of rotatable bonds is 3. The molecule has 4 heteroatoms. The number of hydrogen-bond acceptors (Lipinski definition) is 3. The predicted octanol–water partition coefficient (Wildman–Crippen LogP) is 0.709. The molecule has 88 valence electrons. The normalized spacial score (nSPS) is 38.9. The molecule has 3 atom stereocenters. The summed E-state index contributed by atoms with van der Waals surface area (Å²) >= 11 is 0. The van der Waals surface area contributed by atoms with Gasteiger partial charge in [-0.05, 0) is 25.7 Å². The second kappa shape index (κ2) is 4.93. The van der Waals surface area contributed by atoms with Crippen LogP contribution < -0.4 is 5.73 Å². The molecule has 2 aliphatic rings. The van der Waals surface area contributed by atoms with E-state index in [2.05, 4.69) is 4.90 Å². The average Bonchev–Trinajstić information content (AvgIpc) is 2.14. The summed E-state index contributed by atoms with van der Waals surface area (Å²) in [4.78, 5) is 2.58. The highest BCUT2D eigenvalue weighted by Gasteiger charge is 2.36. The van der Waals surface area contributed by atoms with E-state index in [0.717, 1.165) is 25.1 Å². The largest absolute Gasteiger partial charge is 0.328 e. The summed E-state index contributed by atoms with van der Waals surface area (Å²) in [6.07, 6.45) is 8.03. The molecular formula is C11H22N2OS. The fraction of sp³-hybridized carbons (Fsp3) is 1.00. The van der Waals surface area contributed by atoms with Crippen molar-refractivity contribution in [3.8, 4) is 0 Å². The van der Waals surface area contributed by atoms with Crippen LogP contribution in [0.15, 0.2) is 0 Å². The van der Waals surface area contributed by atoms with Crippen molar-refractivity contribution in [3.63, 3.8) is 0 Å². The maximum atomic E-state index is 11.1. The van der Waals surface area contributed by atoms with Crippen LogP contribution in [-0.4, -0.2) is 45.8 Å². The fourth-order valence-corrected chi connectivity index (χ4v) is 3.59. The van der Waals surface area contributed by atoms with E-state index in [1.54, 1.807) is 6.26 Å². The van der Waals surface area contributed by atoms with Crippen molar-refractivity contribution in [1.29, 1.82) is 0 Å². The third-order valence-electron chi connectivity index (χ3n) is 3.80. The smallest absolute Gasteiger partial charge is 0.0359 e. The number of nitrogens with two attached hydrogens (primary N) is 1. The number of fused-ring (bicyclic) bond motifs is 2. The third kappa shape index (κ3) is 2.80. The molecular weight excluding hydrogens is 208 g/mol. The number of nitrogens with zero attached hydrogens (tertiary/aromatic N) is 1. The number of piperidine rings is 2. The van der Waals surface area contributed by atoms with Crippen molar-refractivity contribution in [2.45, 2.75) is 50.2 Å². The lowest BCUT2D eigenvalue weighted by Crippen LogP contribution is -2.56.